The van der Waals surface area contributed by atoms with Crippen molar-refractivity contribution < 1.29 is 23.7 Å². The summed E-state index contributed by atoms with van der Waals surface area (Å²) in [5.41, 5.74) is 0. The molecule has 6 atom stereocenters. The Bertz CT molecular complexity index is 230. The van der Waals surface area contributed by atoms with E-state index in [-0.39, 0.29) is 36.6 Å². The van der Waals surface area contributed by atoms with Gasteiger partial charge >= 0.3 is 0 Å². The Balaban J connectivity index is 2.16. The van der Waals surface area contributed by atoms with E-state index in [4.69, 9.17) is 23.7 Å². The van der Waals surface area contributed by atoms with Crippen LogP contribution in [0, 0.1) is 5.92 Å². The molecule has 0 aromatic carbocycles. The summed E-state index contributed by atoms with van der Waals surface area (Å²) in [6.07, 6.45) is -0.308. The predicted octanol–water partition coefficient (Wildman–Crippen LogP) is 0.423. The molecule has 2 unspecified atom stereocenters. The highest BCUT2D eigenvalue weighted by Gasteiger charge is 2.52. The van der Waals surface area contributed by atoms with Crippen molar-refractivity contribution in [3.8, 4) is 0 Å². The van der Waals surface area contributed by atoms with Crippen LogP contribution in [0.5, 0.6) is 0 Å². The summed E-state index contributed by atoms with van der Waals surface area (Å²) in [5.74, 6) is 0.170. The predicted molar refractivity (Wildman–Crippen MR) is 56.2 cm³/mol. The molecule has 16 heavy (non-hydrogen) atoms. The highest BCUT2D eigenvalue weighted by atomic mass is 16.7. The molecular formula is C11H20O5. The zero-order chi connectivity index (χ0) is 11.7. The van der Waals surface area contributed by atoms with Gasteiger partial charge in [0.05, 0.1) is 24.9 Å². The van der Waals surface area contributed by atoms with Crippen LogP contribution in [-0.2, 0) is 23.7 Å². The molecule has 2 rings (SSSR count). The van der Waals surface area contributed by atoms with E-state index in [2.05, 4.69) is 0 Å². The molecule has 5 heteroatoms. The maximum atomic E-state index is 5.72. The molecule has 2 aliphatic rings. The fraction of sp³-hybridized carbons (Fsp3) is 1.00. The van der Waals surface area contributed by atoms with Crippen molar-refractivity contribution in [1.82, 2.24) is 0 Å². The van der Waals surface area contributed by atoms with Crippen LogP contribution < -0.4 is 0 Å². The van der Waals surface area contributed by atoms with E-state index in [9.17, 15) is 0 Å². The number of hydrogen-bond donors (Lipinski definition) is 0. The summed E-state index contributed by atoms with van der Waals surface area (Å²) in [6, 6.07) is 0. The highest BCUT2D eigenvalue weighted by molar-refractivity contribution is 4.97. The Hall–Kier alpha value is -0.200. The van der Waals surface area contributed by atoms with Gasteiger partial charge in [-0.3, -0.25) is 0 Å². The molecule has 0 spiro atoms. The molecule has 0 bridgehead atoms. The minimum Gasteiger partial charge on any atom is -0.378 e. The maximum Gasteiger partial charge on any atom is 0.184 e. The minimum absolute atomic E-state index is 0.0103. The number of epoxide rings is 1. The van der Waals surface area contributed by atoms with E-state index in [0.717, 1.165) is 6.61 Å². The summed E-state index contributed by atoms with van der Waals surface area (Å²) >= 11 is 0. The third kappa shape index (κ3) is 2.10. The molecule has 0 aromatic heterocycles. The topological polar surface area (TPSA) is 49.5 Å². The first kappa shape index (κ1) is 12.3. The van der Waals surface area contributed by atoms with Crippen molar-refractivity contribution in [2.45, 2.75) is 37.6 Å². The van der Waals surface area contributed by atoms with Crippen molar-refractivity contribution in [2.75, 3.05) is 27.9 Å². The van der Waals surface area contributed by atoms with Crippen molar-refractivity contribution in [1.29, 1.82) is 0 Å². The number of ether oxygens (including phenoxy) is 5. The fourth-order valence-electron chi connectivity index (χ4n) is 2.56. The first-order valence-electron chi connectivity index (χ1n) is 5.58. The molecule has 5 nitrogen and oxygen atoms in total. The van der Waals surface area contributed by atoms with Crippen LogP contribution in [0.15, 0.2) is 0 Å². The largest absolute Gasteiger partial charge is 0.378 e. The summed E-state index contributed by atoms with van der Waals surface area (Å²) in [7, 11) is 4.99. The summed E-state index contributed by atoms with van der Waals surface area (Å²) in [6.45, 7) is 2.76. The Morgan fingerprint density at radius 2 is 1.62 bits per heavy atom. The van der Waals surface area contributed by atoms with Gasteiger partial charge in [0, 0.05) is 27.2 Å². The second-order valence-electron chi connectivity index (χ2n) is 4.30. The molecule has 2 fully saturated rings. The number of methoxy groups -OCH3 is 3. The lowest BCUT2D eigenvalue weighted by Gasteiger charge is -2.43. The van der Waals surface area contributed by atoms with Crippen LogP contribution >= 0.6 is 0 Å². The minimum atomic E-state index is -0.347. The van der Waals surface area contributed by atoms with Crippen LogP contribution in [0.1, 0.15) is 6.92 Å². The Kier molecular flexibility index (Phi) is 3.81. The second kappa shape index (κ2) is 4.98. The van der Waals surface area contributed by atoms with E-state index in [1.807, 2.05) is 6.92 Å². The lowest BCUT2D eigenvalue weighted by molar-refractivity contribution is -0.284. The van der Waals surface area contributed by atoms with Gasteiger partial charge in [-0.1, -0.05) is 0 Å². The quantitative estimate of drug-likeness (QED) is 0.658. The molecule has 2 aliphatic heterocycles. The molecule has 2 saturated heterocycles. The SMILES string of the molecule is COC1O[C@@H](C)[C@H](OC)[C@@H](C2CO2)[C@H]1OC. The third-order valence-electron chi connectivity index (χ3n) is 3.40. The second-order valence-corrected chi connectivity index (χ2v) is 4.30. The van der Waals surface area contributed by atoms with E-state index in [1.54, 1.807) is 21.3 Å². The Morgan fingerprint density at radius 3 is 2.06 bits per heavy atom. The van der Waals surface area contributed by atoms with Crippen LogP contribution in [0.3, 0.4) is 0 Å². The monoisotopic (exact) mass is 232 g/mol. The van der Waals surface area contributed by atoms with Crippen LogP contribution in [0.4, 0.5) is 0 Å². The van der Waals surface area contributed by atoms with Gasteiger partial charge in [0.15, 0.2) is 6.29 Å². The number of rotatable bonds is 4. The maximum absolute atomic E-state index is 5.72. The van der Waals surface area contributed by atoms with Gasteiger partial charge in [-0.2, -0.15) is 0 Å². The van der Waals surface area contributed by atoms with Crippen molar-refractivity contribution in [3.63, 3.8) is 0 Å². The Labute approximate surface area is 95.9 Å². The van der Waals surface area contributed by atoms with Gasteiger partial charge in [0.2, 0.25) is 0 Å². The lowest BCUT2D eigenvalue weighted by Crippen LogP contribution is -2.57. The van der Waals surface area contributed by atoms with Gasteiger partial charge in [-0.15, -0.1) is 0 Å². The Morgan fingerprint density at radius 1 is 1.00 bits per heavy atom. The molecule has 2 heterocycles. The molecule has 0 radical (unpaired) electrons. The summed E-state index contributed by atoms with van der Waals surface area (Å²) in [5, 5.41) is 0. The van der Waals surface area contributed by atoms with Crippen LogP contribution in [0.25, 0.3) is 0 Å². The average molecular weight is 232 g/mol. The van der Waals surface area contributed by atoms with E-state index >= 15 is 0 Å². The van der Waals surface area contributed by atoms with Crippen molar-refractivity contribution in [3.05, 3.63) is 0 Å². The normalized spacial score (nSPS) is 48.0. The zero-order valence-corrected chi connectivity index (χ0v) is 10.2. The van der Waals surface area contributed by atoms with Gasteiger partial charge < -0.3 is 23.7 Å². The van der Waals surface area contributed by atoms with Crippen LogP contribution in [0.2, 0.25) is 0 Å². The molecular weight excluding hydrogens is 212 g/mol. The summed E-state index contributed by atoms with van der Waals surface area (Å²) in [4.78, 5) is 0. The molecule has 0 saturated carbocycles. The van der Waals surface area contributed by atoms with Gasteiger partial charge in [0.1, 0.15) is 6.10 Å². The van der Waals surface area contributed by atoms with Crippen LogP contribution in [-0.4, -0.2) is 58.6 Å². The highest BCUT2D eigenvalue weighted by Crippen LogP contribution is 2.37. The first-order valence-corrected chi connectivity index (χ1v) is 5.58. The molecule has 0 aliphatic carbocycles. The first-order chi connectivity index (χ1) is 7.72. The molecule has 0 amide bonds. The van der Waals surface area contributed by atoms with E-state index in [1.165, 1.54) is 0 Å². The average Bonchev–Trinajstić information content (AvgIpc) is 3.11. The van der Waals surface area contributed by atoms with Crippen molar-refractivity contribution in [2.24, 2.45) is 5.92 Å². The molecule has 0 aromatic rings. The third-order valence-corrected chi connectivity index (χ3v) is 3.40. The van der Waals surface area contributed by atoms with Crippen molar-refractivity contribution >= 4 is 0 Å². The summed E-state index contributed by atoms with van der Waals surface area (Å²) < 4.78 is 27.4. The smallest absolute Gasteiger partial charge is 0.184 e. The molecule has 0 N–H and O–H groups in total. The zero-order valence-electron chi connectivity index (χ0n) is 10.2. The number of hydrogen-bond acceptors (Lipinski definition) is 5. The van der Waals surface area contributed by atoms with E-state index in [0.29, 0.717) is 0 Å². The van der Waals surface area contributed by atoms with E-state index < -0.39 is 0 Å². The van der Waals surface area contributed by atoms with Gasteiger partial charge in [-0.05, 0) is 6.92 Å². The van der Waals surface area contributed by atoms with Gasteiger partial charge in [0.25, 0.3) is 0 Å². The standard InChI is InChI=1S/C11H20O5/c1-6-9(12-2)8(7-5-15-7)10(13-3)11(14-4)16-6/h6-11H,5H2,1-4H3/t6-,7?,8+,9-,10+,11?/m0/s1. The van der Waals surface area contributed by atoms with Gasteiger partial charge in [-0.25, -0.2) is 0 Å². The fourth-order valence-corrected chi connectivity index (χ4v) is 2.56. The molecule has 94 valence electrons. The lowest BCUT2D eigenvalue weighted by atomic mass is 9.86.